The van der Waals surface area contributed by atoms with Crippen LogP contribution in [0.25, 0.3) is 11.0 Å². The van der Waals surface area contributed by atoms with E-state index >= 15 is 0 Å². The van der Waals surface area contributed by atoms with Crippen molar-refractivity contribution in [2.75, 3.05) is 11.4 Å². The summed E-state index contributed by atoms with van der Waals surface area (Å²) in [7, 11) is 0. The molecular formula is C22H25N3O. The third-order valence-electron chi connectivity index (χ3n) is 5.29. The largest absolute Gasteiger partial charge is 0.325 e. The highest BCUT2D eigenvalue weighted by atomic mass is 16.2. The number of para-hydroxylation sites is 2. The molecule has 4 rings (SSSR count). The number of aryl methyl sites for hydroxylation is 1. The third-order valence-corrected chi connectivity index (χ3v) is 5.29. The zero-order chi connectivity index (χ0) is 18.3. The maximum Gasteiger partial charge on any atom is 0.227 e. The Morgan fingerprint density at radius 2 is 1.85 bits per heavy atom. The monoisotopic (exact) mass is 347 g/mol. The lowest BCUT2D eigenvalue weighted by Gasteiger charge is -2.19. The first-order valence-corrected chi connectivity index (χ1v) is 9.44. The summed E-state index contributed by atoms with van der Waals surface area (Å²) in [5.41, 5.74) is 4.44. The summed E-state index contributed by atoms with van der Waals surface area (Å²) in [5.74, 6) is 1.34. The van der Waals surface area contributed by atoms with E-state index in [9.17, 15) is 4.79 Å². The van der Waals surface area contributed by atoms with Gasteiger partial charge in [0.15, 0.2) is 0 Å². The van der Waals surface area contributed by atoms with Crippen molar-refractivity contribution in [3.8, 4) is 0 Å². The summed E-state index contributed by atoms with van der Waals surface area (Å²) in [4.78, 5) is 19.5. The molecule has 3 aromatic rings. The Labute approximate surface area is 154 Å². The second-order valence-electron chi connectivity index (χ2n) is 7.35. The first-order chi connectivity index (χ1) is 12.6. The van der Waals surface area contributed by atoms with Gasteiger partial charge in [-0.3, -0.25) is 4.79 Å². The molecule has 1 amide bonds. The normalized spacial score (nSPS) is 17.6. The second-order valence-corrected chi connectivity index (χ2v) is 7.35. The predicted octanol–water partition coefficient (Wildman–Crippen LogP) is 4.70. The minimum atomic E-state index is 0.128. The van der Waals surface area contributed by atoms with Crippen molar-refractivity contribution in [1.29, 1.82) is 0 Å². The molecule has 1 fully saturated rings. The maximum absolute atomic E-state index is 12.7. The smallest absolute Gasteiger partial charge is 0.227 e. The summed E-state index contributed by atoms with van der Waals surface area (Å²) < 4.78 is 2.29. The van der Waals surface area contributed by atoms with E-state index < -0.39 is 0 Å². The van der Waals surface area contributed by atoms with Gasteiger partial charge in [0.2, 0.25) is 5.91 Å². The maximum atomic E-state index is 12.7. The summed E-state index contributed by atoms with van der Waals surface area (Å²) in [6, 6.07) is 16.9. The third kappa shape index (κ3) is 2.79. The number of nitrogens with zero attached hydrogens (tertiary/aromatic N) is 3. The molecule has 4 nitrogen and oxygen atoms in total. The van der Waals surface area contributed by atoms with Crippen molar-refractivity contribution in [1.82, 2.24) is 9.55 Å². The van der Waals surface area contributed by atoms with Crippen molar-refractivity contribution in [2.45, 2.75) is 45.6 Å². The van der Waals surface area contributed by atoms with Crippen molar-refractivity contribution < 1.29 is 4.79 Å². The van der Waals surface area contributed by atoms with Crippen LogP contribution in [0.3, 0.4) is 0 Å². The number of rotatable bonds is 4. The average Bonchev–Trinajstić information content (AvgIpc) is 3.22. The Kier molecular flexibility index (Phi) is 4.27. The number of benzene rings is 2. The SMILES string of the molecule is CCc1ccc(N2C[C@@H](c3nc4ccccc4n3C(C)C)CC2=O)cc1. The van der Waals surface area contributed by atoms with E-state index in [1.54, 1.807) is 0 Å². The number of fused-ring (bicyclic) bond motifs is 1. The van der Waals surface area contributed by atoms with Crippen molar-refractivity contribution in [3.63, 3.8) is 0 Å². The van der Waals surface area contributed by atoms with Crippen molar-refractivity contribution in [3.05, 3.63) is 59.9 Å². The molecule has 0 radical (unpaired) electrons. The van der Waals surface area contributed by atoms with E-state index in [0.29, 0.717) is 19.0 Å². The second kappa shape index (κ2) is 6.60. The molecular weight excluding hydrogens is 322 g/mol. The number of imidazole rings is 1. The van der Waals surface area contributed by atoms with Gasteiger partial charge < -0.3 is 9.47 Å². The fourth-order valence-corrected chi connectivity index (χ4v) is 3.94. The van der Waals surface area contributed by atoms with E-state index in [0.717, 1.165) is 29.0 Å². The minimum Gasteiger partial charge on any atom is -0.325 e. The first-order valence-electron chi connectivity index (χ1n) is 9.44. The predicted molar refractivity (Wildman–Crippen MR) is 106 cm³/mol. The molecule has 0 unspecified atom stereocenters. The summed E-state index contributed by atoms with van der Waals surface area (Å²) in [5, 5.41) is 0. The van der Waals surface area contributed by atoms with Gasteiger partial charge in [0.25, 0.3) is 0 Å². The van der Waals surface area contributed by atoms with E-state index in [2.05, 4.69) is 61.7 Å². The molecule has 2 heterocycles. The standard InChI is InChI=1S/C22H25N3O/c1-4-16-9-11-18(12-10-16)24-14-17(13-21(24)26)22-23-19-7-5-6-8-20(19)25(22)15(2)3/h5-12,15,17H,4,13-14H2,1-3H3/t17-/m0/s1. The zero-order valence-electron chi connectivity index (χ0n) is 15.6. The van der Waals surface area contributed by atoms with Crippen LogP contribution in [0.15, 0.2) is 48.5 Å². The van der Waals surface area contributed by atoms with Crippen molar-refractivity contribution in [2.24, 2.45) is 0 Å². The molecule has 0 spiro atoms. The van der Waals surface area contributed by atoms with E-state index in [1.807, 2.05) is 17.0 Å². The molecule has 0 bridgehead atoms. The molecule has 1 aromatic heterocycles. The number of aromatic nitrogens is 2. The zero-order valence-corrected chi connectivity index (χ0v) is 15.6. The van der Waals surface area contributed by atoms with Gasteiger partial charge in [0.05, 0.1) is 11.0 Å². The van der Waals surface area contributed by atoms with Gasteiger partial charge in [-0.1, -0.05) is 31.2 Å². The molecule has 1 aliphatic rings. The van der Waals surface area contributed by atoms with Crippen LogP contribution in [0.1, 0.15) is 50.5 Å². The van der Waals surface area contributed by atoms with E-state index in [1.165, 1.54) is 5.56 Å². The molecule has 1 saturated heterocycles. The lowest BCUT2D eigenvalue weighted by molar-refractivity contribution is -0.117. The Hall–Kier alpha value is -2.62. The average molecular weight is 347 g/mol. The van der Waals surface area contributed by atoms with Gasteiger partial charge >= 0.3 is 0 Å². The fraction of sp³-hybridized carbons (Fsp3) is 0.364. The highest BCUT2D eigenvalue weighted by Gasteiger charge is 2.35. The number of carbonyl (C=O) groups excluding carboxylic acids is 1. The van der Waals surface area contributed by atoms with Crippen molar-refractivity contribution >= 4 is 22.6 Å². The molecule has 1 atom stereocenters. The molecule has 2 aromatic carbocycles. The quantitative estimate of drug-likeness (QED) is 0.686. The van der Waals surface area contributed by atoms with Crippen LogP contribution >= 0.6 is 0 Å². The van der Waals surface area contributed by atoms with Crippen LogP contribution in [0, 0.1) is 0 Å². The first kappa shape index (κ1) is 16.8. The van der Waals surface area contributed by atoms with Gasteiger partial charge in [-0.15, -0.1) is 0 Å². The topological polar surface area (TPSA) is 38.1 Å². The summed E-state index contributed by atoms with van der Waals surface area (Å²) in [6.07, 6.45) is 1.53. The van der Waals surface area contributed by atoms with Gasteiger partial charge in [0, 0.05) is 30.6 Å². The number of carbonyl (C=O) groups is 1. The van der Waals surface area contributed by atoms with Crippen LogP contribution in [-0.2, 0) is 11.2 Å². The summed E-state index contributed by atoms with van der Waals surface area (Å²) in [6.45, 7) is 7.19. The Morgan fingerprint density at radius 1 is 1.12 bits per heavy atom. The van der Waals surface area contributed by atoms with Crippen LogP contribution in [0.5, 0.6) is 0 Å². The molecule has 26 heavy (non-hydrogen) atoms. The number of anilines is 1. The molecule has 0 N–H and O–H groups in total. The fourth-order valence-electron chi connectivity index (χ4n) is 3.94. The number of amides is 1. The van der Waals surface area contributed by atoms with E-state index in [-0.39, 0.29) is 11.8 Å². The molecule has 4 heteroatoms. The Balaban J connectivity index is 1.68. The van der Waals surface area contributed by atoms with Gasteiger partial charge in [0.1, 0.15) is 5.82 Å². The minimum absolute atomic E-state index is 0.128. The lowest BCUT2D eigenvalue weighted by Crippen LogP contribution is -2.24. The van der Waals surface area contributed by atoms with Crippen LogP contribution in [0.2, 0.25) is 0 Å². The van der Waals surface area contributed by atoms with E-state index in [4.69, 9.17) is 4.98 Å². The van der Waals surface area contributed by atoms with Crippen LogP contribution < -0.4 is 4.90 Å². The highest BCUT2D eigenvalue weighted by molar-refractivity contribution is 5.96. The molecule has 0 aliphatic carbocycles. The van der Waals surface area contributed by atoms with Gasteiger partial charge in [-0.25, -0.2) is 4.98 Å². The Morgan fingerprint density at radius 3 is 2.54 bits per heavy atom. The molecule has 134 valence electrons. The van der Waals surface area contributed by atoms with Crippen LogP contribution in [0.4, 0.5) is 5.69 Å². The number of hydrogen-bond donors (Lipinski definition) is 0. The lowest BCUT2D eigenvalue weighted by atomic mass is 10.1. The summed E-state index contributed by atoms with van der Waals surface area (Å²) >= 11 is 0. The van der Waals surface area contributed by atoms with Crippen LogP contribution in [-0.4, -0.2) is 22.0 Å². The van der Waals surface area contributed by atoms with Gasteiger partial charge in [-0.05, 0) is 50.1 Å². The Bertz CT molecular complexity index is 940. The molecule has 0 saturated carbocycles. The highest BCUT2D eigenvalue weighted by Crippen LogP contribution is 2.34. The number of hydrogen-bond acceptors (Lipinski definition) is 2. The van der Waals surface area contributed by atoms with Gasteiger partial charge in [-0.2, -0.15) is 0 Å². The molecule has 1 aliphatic heterocycles.